The average Bonchev–Trinajstić information content (AvgIpc) is 3.26. The van der Waals surface area contributed by atoms with Crippen molar-refractivity contribution in [1.82, 2.24) is 4.98 Å². The van der Waals surface area contributed by atoms with E-state index in [0.717, 1.165) is 23.9 Å². The van der Waals surface area contributed by atoms with Gasteiger partial charge in [-0.3, -0.25) is 0 Å². The van der Waals surface area contributed by atoms with Crippen molar-refractivity contribution >= 4 is 33.6 Å². The summed E-state index contributed by atoms with van der Waals surface area (Å²) < 4.78 is 5.91. The van der Waals surface area contributed by atoms with Gasteiger partial charge < -0.3 is 9.73 Å². The highest BCUT2D eigenvalue weighted by atomic mass is 16.3. The summed E-state index contributed by atoms with van der Waals surface area (Å²) in [5, 5.41) is 6.00. The number of anilines is 1. The van der Waals surface area contributed by atoms with E-state index in [2.05, 4.69) is 90.0 Å². The number of hydrogen-bond donors (Lipinski definition) is 1. The van der Waals surface area contributed by atoms with E-state index in [1.807, 2.05) is 37.4 Å². The summed E-state index contributed by atoms with van der Waals surface area (Å²) in [6, 6.07) is 31.7. The Morgan fingerprint density at radius 3 is 2.45 bits per heavy atom. The molecule has 1 atom stereocenters. The van der Waals surface area contributed by atoms with Gasteiger partial charge in [0.25, 0.3) is 0 Å². The SMILES string of the molecule is CNc1ccc2ccccc2c1C(C)(C/C=C/c1nc2ccccc2o1)Cc1ccccc1. The van der Waals surface area contributed by atoms with Crippen LogP contribution in [0.2, 0.25) is 0 Å². The van der Waals surface area contributed by atoms with E-state index in [0.29, 0.717) is 5.89 Å². The molecule has 164 valence electrons. The Labute approximate surface area is 194 Å². The third-order valence-electron chi connectivity index (χ3n) is 6.38. The highest BCUT2D eigenvalue weighted by molar-refractivity contribution is 5.91. The van der Waals surface area contributed by atoms with Gasteiger partial charge in [-0.2, -0.15) is 0 Å². The van der Waals surface area contributed by atoms with Crippen LogP contribution in [0.4, 0.5) is 5.69 Å². The topological polar surface area (TPSA) is 38.1 Å². The van der Waals surface area contributed by atoms with E-state index in [1.54, 1.807) is 0 Å². The fourth-order valence-electron chi connectivity index (χ4n) is 4.82. The number of hydrogen-bond acceptors (Lipinski definition) is 3. The summed E-state index contributed by atoms with van der Waals surface area (Å²) in [5.41, 5.74) is 5.40. The van der Waals surface area contributed by atoms with E-state index in [4.69, 9.17) is 4.42 Å². The first-order valence-electron chi connectivity index (χ1n) is 11.4. The first kappa shape index (κ1) is 21.0. The van der Waals surface area contributed by atoms with Crippen LogP contribution in [0.25, 0.3) is 27.9 Å². The van der Waals surface area contributed by atoms with Gasteiger partial charge in [0.15, 0.2) is 5.58 Å². The van der Waals surface area contributed by atoms with Gasteiger partial charge in [0.2, 0.25) is 5.89 Å². The number of rotatable bonds is 7. The predicted octanol–water partition coefficient (Wildman–Crippen LogP) is 7.63. The molecule has 4 aromatic carbocycles. The number of allylic oxidation sites excluding steroid dienone is 1. The van der Waals surface area contributed by atoms with Crippen LogP contribution in [-0.4, -0.2) is 12.0 Å². The molecule has 0 aliphatic heterocycles. The molecule has 5 aromatic rings. The van der Waals surface area contributed by atoms with Gasteiger partial charge in [0.1, 0.15) is 5.52 Å². The van der Waals surface area contributed by atoms with Crippen molar-refractivity contribution in [1.29, 1.82) is 0 Å². The molecule has 1 unspecified atom stereocenters. The van der Waals surface area contributed by atoms with Crippen molar-refractivity contribution in [2.45, 2.75) is 25.2 Å². The molecule has 3 heteroatoms. The maximum absolute atomic E-state index is 5.91. The largest absolute Gasteiger partial charge is 0.437 e. The highest BCUT2D eigenvalue weighted by Crippen LogP contribution is 2.41. The summed E-state index contributed by atoms with van der Waals surface area (Å²) >= 11 is 0. The molecule has 0 amide bonds. The Hall–Kier alpha value is -3.85. The summed E-state index contributed by atoms with van der Waals surface area (Å²) in [6.45, 7) is 2.36. The Balaban J connectivity index is 1.57. The first-order valence-corrected chi connectivity index (χ1v) is 11.4. The first-order chi connectivity index (χ1) is 16.2. The van der Waals surface area contributed by atoms with Gasteiger partial charge in [-0.1, -0.05) is 85.8 Å². The van der Waals surface area contributed by atoms with Gasteiger partial charge in [0, 0.05) is 18.2 Å². The number of nitrogens with zero attached hydrogens (tertiary/aromatic N) is 1. The fourth-order valence-corrected chi connectivity index (χ4v) is 4.82. The van der Waals surface area contributed by atoms with Crippen LogP contribution in [0, 0.1) is 0 Å². The Kier molecular flexibility index (Phi) is 5.70. The number of oxazole rings is 1. The van der Waals surface area contributed by atoms with Crippen molar-refractivity contribution in [3.63, 3.8) is 0 Å². The second kappa shape index (κ2) is 8.95. The predicted molar refractivity (Wildman–Crippen MR) is 139 cm³/mol. The molecule has 0 bridgehead atoms. The molecular formula is C30H28N2O. The van der Waals surface area contributed by atoms with Gasteiger partial charge in [0.05, 0.1) is 0 Å². The maximum atomic E-state index is 5.91. The summed E-state index contributed by atoms with van der Waals surface area (Å²) in [5.74, 6) is 0.644. The van der Waals surface area contributed by atoms with Crippen LogP contribution >= 0.6 is 0 Å². The molecule has 1 N–H and O–H groups in total. The van der Waals surface area contributed by atoms with Crippen LogP contribution in [0.1, 0.15) is 30.4 Å². The molecule has 3 nitrogen and oxygen atoms in total. The fraction of sp³-hybridized carbons (Fsp3) is 0.167. The molecule has 1 heterocycles. The van der Waals surface area contributed by atoms with Crippen molar-refractivity contribution < 1.29 is 4.42 Å². The maximum Gasteiger partial charge on any atom is 0.219 e. The lowest BCUT2D eigenvalue weighted by atomic mass is 9.72. The quantitative estimate of drug-likeness (QED) is 0.287. The number of para-hydroxylation sites is 2. The van der Waals surface area contributed by atoms with E-state index in [9.17, 15) is 0 Å². The van der Waals surface area contributed by atoms with Crippen LogP contribution in [0.5, 0.6) is 0 Å². The molecule has 33 heavy (non-hydrogen) atoms. The number of aromatic nitrogens is 1. The van der Waals surface area contributed by atoms with Crippen molar-refractivity contribution in [3.05, 3.63) is 114 Å². The zero-order valence-corrected chi connectivity index (χ0v) is 19.1. The molecule has 0 fully saturated rings. The number of fused-ring (bicyclic) bond motifs is 2. The Morgan fingerprint density at radius 1 is 0.879 bits per heavy atom. The lowest BCUT2D eigenvalue weighted by Crippen LogP contribution is -2.26. The lowest BCUT2D eigenvalue weighted by molar-refractivity contribution is 0.481. The molecule has 0 radical (unpaired) electrons. The molecule has 0 aliphatic rings. The molecule has 0 spiro atoms. The third kappa shape index (κ3) is 4.27. The second-order valence-corrected chi connectivity index (χ2v) is 8.81. The minimum absolute atomic E-state index is 0.136. The number of nitrogens with one attached hydrogen (secondary N) is 1. The monoisotopic (exact) mass is 432 g/mol. The lowest BCUT2D eigenvalue weighted by Gasteiger charge is -2.33. The molecule has 0 aliphatic carbocycles. The minimum atomic E-state index is -0.136. The zero-order chi connectivity index (χ0) is 22.7. The van der Waals surface area contributed by atoms with Crippen LogP contribution in [0.15, 0.2) is 101 Å². The normalized spacial score (nSPS) is 13.5. The third-order valence-corrected chi connectivity index (χ3v) is 6.38. The van der Waals surface area contributed by atoms with Gasteiger partial charge in [-0.25, -0.2) is 4.98 Å². The van der Waals surface area contributed by atoms with E-state index < -0.39 is 0 Å². The molecule has 0 saturated carbocycles. The van der Waals surface area contributed by atoms with Gasteiger partial charge in [-0.05, 0) is 59.0 Å². The van der Waals surface area contributed by atoms with Crippen LogP contribution in [-0.2, 0) is 11.8 Å². The molecule has 0 saturated heterocycles. The molecule has 1 aromatic heterocycles. The molecular weight excluding hydrogens is 404 g/mol. The Bertz CT molecular complexity index is 1380. The van der Waals surface area contributed by atoms with Crippen molar-refractivity contribution in [2.24, 2.45) is 0 Å². The van der Waals surface area contributed by atoms with Crippen molar-refractivity contribution in [3.8, 4) is 0 Å². The van der Waals surface area contributed by atoms with Crippen LogP contribution < -0.4 is 5.32 Å². The summed E-state index contributed by atoms with van der Waals surface area (Å²) in [4.78, 5) is 4.61. The highest BCUT2D eigenvalue weighted by Gasteiger charge is 2.30. The van der Waals surface area contributed by atoms with E-state index in [-0.39, 0.29) is 5.41 Å². The number of benzene rings is 4. The standard InChI is InChI=1S/C30H28N2O/c1-30(21-22-11-4-3-5-12-22,20-10-17-28-32-25-15-8-9-16-27(25)33-28)29-24-14-7-6-13-23(24)18-19-26(29)31-2/h3-19,31H,20-21H2,1-2H3/b17-10+. The van der Waals surface area contributed by atoms with Gasteiger partial charge in [-0.15, -0.1) is 0 Å². The Morgan fingerprint density at radius 2 is 1.64 bits per heavy atom. The molecule has 5 rings (SSSR count). The second-order valence-electron chi connectivity index (χ2n) is 8.81. The van der Waals surface area contributed by atoms with Gasteiger partial charge >= 0.3 is 0 Å². The average molecular weight is 433 g/mol. The van der Waals surface area contributed by atoms with Crippen LogP contribution in [0.3, 0.4) is 0 Å². The summed E-state index contributed by atoms with van der Waals surface area (Å²) in [6.07, 6.45) is 5.99. The van der Waals surface area contributed by atoms with Crippen molar-refractivity contribution in [2.75, 3.05) is 12.4 Å². The minimum Gasteiger partial charge on any atom is -0.437 e. The van der Waals surface area contributed by atoms with E-state index >= 15 is 0 Å². The van der Waals surface area contributed by atoms with E-state index in [1.165, 1.54) is 27.6 Å². The smallest absolute Gasteiger partial charge is 0.219 e. The summed E-state index contributed by atoms with van der Waals surface area (Å²) in [7, 11) is 2.00. The zero-order valence-electron chi connectivity index (χ0n) is 19.1.